The molecule has 0 aliphatic heterocycles. The van der Waals surface area contributed by atoms with Crippen LogP contribution in [0.15, 0.2) is 22.7 Å². The highest BCUT2D eigenvalue weighted by Gasteiger charge is 2.33. The molecule has 1 aliphatic rings. The van der Waals surface area contributed by atoms with Gasteiger partial charge in [0.25, 0.3) is 5.91 Å². The summed E-state index contributed by atoms with van der Waals surface area (Å²) >= 11 is 8.16. The van der Waals surface area contributed by atoms with E-state index < -0.39 is 0 Å². The molecule has 19 heavy (non-hydrogen) atoms. The molecule has 1 saturated carbocycles. The monoisotopic (exact) mass is 342 g/mol. The Morgan fingerprint density at radius 2 is 2.21 bits per heavy atom. The first-order valence-corrected chi connectivity index (χ1v) is 7.27. The number of rotatable bonds is 5. The number of phenolic OH excluding ortho intramolecular Hbond substituents is 1. The molecule has 2 rings (SSSR count). The van der Waals surface area contributed by atoms with E-state index in [2.05, 4.69) is 15.9 Å². The summed E-state index contributed by atoms with van der Waals surface area (Å²) in [5.74, 6) is -0.174. The molecular formula is C13H15BrN2O2S. The fourth-order valence-electron chi connectivity index (χ4n) is 1.90. The maximum Gasteiger partial charge on any atom is 0.257 e. The van der Waals surface area contributed by atoms with Crippen LogP contribution < -0.4 is 5.73 Å². The second kappa shape index (κ2) is 5.88. The number of carbonyl (C=O) groups excluding carboxylic acids is 1. The summed E-state index contributed by atoms with van der Waals surface area (Å²) in [5, 5.41) is 9.82. The van der Waals surface area contributed by atoms with Crippen molar-refractivity contribution >= 4 is 39.0 Å². The highest BCUT2D eigenvalue weighted by Crippen LogP contribution is 2.31. The number of nitrogens with zero attached hydrogens (tertiary/aromatic N) is 1. The zero-order valence-electron chi connectivity index (χ0n) is 10.3. The minimum atomic E-state index is -0.169. The van der Waals surface area contributed by atoms with Crippen molar-refractivity contribution in [1.82, 2.24) is 4.90 Å². The molecule has 1 aromatic carbocycles. The van der Waals surface area contributed by atoms with Crippen molar-refractivity contribution in [1.29, 1.82) is 0 Å². The van der Waals surface area contributed by atoms with Gasteiger partial charge in [0.1, 0.15) is 5.75 Å². The van der Waals surface area contributed by atoms with Crippen LogP contribution in [0, 0.1) is 0 Å². The van der Waals surface area contributed by atoms with Gasteiger partial charge < -0.3 is 15.7 Å². The molecule has 6 heteroatoms. The average molecular weight is 343 g/mol. The van der Waals surface area contributed by atoms with Crippen LogP contribution in [0.25, 0.3) is 0 Å². The van der Waals surface area contributed by atoms with Gasteiger partial charge in [-0.2, -0.15) is 0 Å². The van der Waals surface area contributed by atoms with E-state index in [-0.39, 0.29) is 17.7 Å². The predicted molar refractivity (Wildman–Crippen MR) is 81.3 cm³/mol. The Labute approximate surface area is 125 Å². The van der Waals surface area contributed by atoms with Crippen molar-refractivity contribution in [2.45, 2.75) is 25.3 Å². The van der Waals surface area contributed by atoms with Gasteiger partial charge in [0.05, 0.1) is 10.6 Å². The Kier molecular flexibility index (Phi) is 4.42. The third-order valence-corrected chi connectivity index (χ3v) is 3.73. The van der Waals surface area contributed by atoms with Crippen LogP contribution in [0.4, 0.5) is 0 Å². The summed E-state index contributed by atoms with van der Waals surface area (Å²) in [6, 6.07) is 5.09. The van der Waals surface area contributed by atoms with E-state index in [4.69, 9.17) is 18.0 Å². The Hall–Kier alpha value is -1.14. The number of phenols is 1. The van der Waals surface area contributed by atoms with Crippen LogP contribution in [-0.2, 0) is 0 Å². The summed E-state index contributed by atoms with van der Waals surface area (Å²) in [6.45, 7) is 0.505. The van der Waals surface area contributed by atoms with Crippen LogP contribution in [0.2, 0.25) is 0 Å². The first-order valence-electron chi connectivity index (χ1n) is 6.07. The lowest BCUT2D eigenvalue weighted by Crippen LogP contribution is -2.35. The van der Waals surface area contributed by atoms with Gasteiger partial charge in [-0.3, -0.25) is 4.79 Å². The quantitative estimate of drug-likeness (QED) is 0.806. The van der Waals surface area contributed by atoms with E-state index in [9.17, 15) is 9.90 Å². The molecule has 1 aliphatic carbocycles. The molecule has 1 amide bonds. The summed E-state index contributed by atoms with van der Waals surface area (Å²) < 4.78 is 0.763. The number of aromatic hydroxyl groups is 1. The van der Waals surface area contributed by atoms with Crippen molar-refractivity contribution in [3.05, 3.63) is 28.2 Å². The van der Waals surface area contributed by atoms with Gasteiger partial charge in [-0.25, -0.2) is 0 Å². The van der Waals surface area contributed by atoms with Gasteiger partial charge in [-0.1, -0.05) is 28.1 Å². The molecule has 0 spiro atoms. The maximum atomic E-state index is 12.5. The molecule has 0 heterocycles. The highest BCUT2D eigenvalue weighted by molar-refractivity contribution is 9.10. The number of hydrogen-bond donors (Lipinski definition) is 2. The van der Waals surface area contributed by atoms with E-state index in [0.717, 1.165) is 17.3 Å². The van der Waals surface area contributed by atoms with Crippen LogP contribution in [0.5, 0.6) is 5.75 Å². The number of hydrogen-bond acceptors (Lipinski definition) is 3. The van der Waals surface area contributed by atoms with Crippen molar-refractivity contribution in [3.63, 3.8) is 0 Å². The molecule has 1 fully saturated rings. The number of nitrogens with two attached hydrogens (primary N) is 1. The molecular weight excluding hydrogens is 328 g/mol. The lowest BCUT2D eigenvalue weighted by atomic mass is 10.1. The molecule has 102 valence electrons. The summed E-state index contributed by atoms with van der Waals surface area (Å²) in [6.07, 6.45) is 2.50. The number of amides is 1. The molecule has 0 radical (unpaired) electrons. The Morgan fingerprint density at radius 3 is 2.79 bits per heavy atom. The van der Waals surface area contributed by atoms with Gasteiger partial charge in [0.2, 0.25) is 0 Å². The number of benzene rings is 1. The van der Waals surface area contributed by atoms with Gasteiger partial charge >= 0.3 is 0 Å². The zero-order valence-corrected chi connectivity index (χ0v) is 12.7. The molecule has 1 aromatic rings. The normalized spacial score (nSPS) is 14.2. The largest absolute Gasteiger partial charge is 0.507 e. The summed E-state index contributed by atoms with van der Waals surface area (Å²) in [5.41, 5.74) is 5.80. The topological polar surface area (TPSA) is 66.6 Å². The Balaban J connectivity index is 2.18. The van der Waals surface area contributed by atoms with Crippen LogP contribution in [0.1, 0.15) is 29.6 Å². The second-order valence-electron chi connectivity index (χ2n) is 4.61. The van der Waals surface area contributed by atoms with Gasteiger partial charge in [0.15, 0.2) is 0 Å². The fraction of sp³-hybridized carbons (Fsp3) is 0.385. The predicted octanol–water partition coefficient (Wildman–Crippen LogP) is 2.44. The Morgan fingerprint density at radius 1 is 1.53 bits per heavy atom. The second-order valence-corrected chi connectivity index (χ2v) is 6.05. The van der Waals surface area contributed by atoms with Crippen molar-refractivity contribution in [2.24, 2.45) is 5.73 Å². The van der Waals surface area contributed by atoms with Crippen LogP contribution in [0.3, 0.4) is 0 Å². The van der Waals surface area contributed by atoms with E-state index in [1.165, 1.54) is 6.07 Å². The lowest BCUT2D eigenvalue weighted by molar-refractivity contribution is 0.0745. The van der Waals surface area contributed by atoms with E-state index in [0.29, 0.717) is 23.5 Å². The fourth-order valence-corrected chi connectivity index (χ4v) is 2.35. The first-order chi connectivity index (χ1) is 8.99. The maximum absolute atomic E-state index is 12.5. The minimum absolute atomic E-state index is 0.00539. The standard InChI is InChI=1S/C13H15BrN2O2S/c14-8-1-4-11(17)10(7-8)13(18)16(9-2-3-9)6-5-12(15)19/h1,4,7,9,17H,2-3,5-6H2,(H2,15,19). The van der Waals surface area contributed by atoms with Crippen LogP contribution in [-0.4, -0.2) is 33.5 Å². The average Bonchev–Trinajstić information content (AvgIpc) is 3.16. The van der Waals surface area contributed by atoms with E-state index in [1.54, 1.807) is 17.0 Å². The smallest absolute Gasteiger partial charge is 0.257 e. The molecule has 0 saturated heterocycles. The minimum Gasteiger partial charge on any atom is -0.507 e. The summed E-state index contributed by atoms with van der Waals surface area (Å²) in [7, 11) is 0. The van der Waals surface area contributed by atoms with Crippen LogP contribution >= 0.6 is 28.1 Å². The molecule has 0 atom stereocenters. The molecule has 0 aromatic heterocycles. The van der Waals surface area contributed by atoms with Crippen molar-refractivity contribution < 1.29 is 9.90 Å². The van der Waals surface area contributed by atoms with Gasteiger partial charge in [-0.05, 0) is 31.0 Å². The van der Waals surface area contributed by atoms with Crippen molar-refractivity contribution in [3.8, 4) is 5.75 Å². The summed E-state index contributed by atoms with van der Waals surface area (Å²) in [4.78, 5) is 14.6. The molecule has 0 unspecified atom stereocenters. The van der Waals surface area contributed by atoms with E-state index >= 15 is 0 Å². The molecule has 3 N–H and O–H groups in total. The van der Waals surface area contributed by atoms with Gasteiger partial charge in [0, 0.05) is 23.5 Å². The highest BCUT2D eigenvalue weighted by atomic mass is 79.9. The Bertz CT molecular complexity index is 517. The third-order valence-electron chi connectivity index (χ3n) is 3.04. The number of halogens is 1. The molecule has 0 bridgehead atoms. The number of thiocarbonyl (C=S) groups is 1. The zero-order chi connectivity index (χ0) is 14.0. The van der Waals surface area contributed by atoms with E-state index in [1.807, 2.05) is 0 Å². The number of carbonyl (C=O) groups is 1. The first kappa shape index (κ1) is 14.3. The lowest BCUT2D eigenvalue weighted by Gasteiger charge is -2.22. The molecule has 4 nitrogen and oxygen atoms in total. The SMILES string of the molecule is NC(=S)CCN(C(=O)c1cc(Br)ccc1O)C1CC1. The van der Waals surface area contributed by atoms with Gasteiger partial charge in [-0.15, -0.1) is 0 Å². The third kappa shape index (κ3) is 3.67. The van der Waals surface area contributed by atoms with Crippen molar-refractivity contribution in [2.75, 3.05) is 6.54 Å².